The molecule has 42 heavy (non-hydrogen) atoms. The van der Waals surface area contributed by atoms with Crippen LogP contribution in [0.25, 0.3) is 0 Å². The normalized spacial score (nSPS) is 16.1. The van der Waals surface area contributed by atoms with Crippen molar-refractivity contribution in [2.75, 3.05) is 26.2 Å². The van der Waals surface area contributed by atoms with Gasteiger partial charge in [-0.3, -0.25) is 14.3 Å². The fourth-order valence-electron chi connectivity index (χ4n) is 5.09. The third-order valence-electron chi connectivity index (χ3n) is 8.04. The molecule has 2 heterocycles. The molecule has 1 saturated carbocycles. The second-order valence-electron chi connectivity index (χ2n) is 11.3. The Morgan fingerprint density at radius 3 is 2.38 bits per heavy atom. The first-order valence-electron chi connectivity index (χ1n) is 14.4. The van der Waals surface area contributed by atoms with Gasteiger partial charge in [0.15, 0.2) is 0 Å². The van der Waals surface area contributed by atoms with Crippen molar-refractivity contribution in [3.63, 3.8) is 0 Å². The Balaban J connectivity index is 1.13. The van der Waals surface area contributed by atoms with Crippen molar-refractivity contribution in [3.8, 4) is 5.75 Å². The molecule has 1 aromatic heterocycles. The van der Waals surface area contributed by atoms with E-state index in [1.807, 2.05) is 43.3 Å². The lowest BCUT2D eigenvalue weighted by molar-refractivity contribution is 0.0697. The number of amides is 2. The fraction of sp³-hybridized carbons (Fsp3) is 0.452. The summed E-state index contributed by atoms with van der Waals surface area (Å²) in [6.45, 7) is 7.38. The number of carbonyl (C=O) groups excluding carboxylic acids is 2. The molecule has 1 N–H and O–H groups in total. The van der Waals surface area contributed by atoms with Gasteiger partial charge in [0.25, 0.3) is 11.8 Å². The second-order valence-corrected chi connectivity index (χ2v) is 13.8. The minimum Gasteiger partial charge on any atom is -0.489 e. The number of aryl methyl sites for hydroxylation is 1. The highest BCUT2D eigenvalue weighted by atomic mass is 32.2. The molecule has 2 aliphatic rings. The van der Waals surface area contributed by atoms with E-state index in [1.54, 1.807) is 42.6 Å². The second kappa shape index (κ2) is 12.3. The lowest BCUT2D eigenvalue weighted by atomic mass is 10.1. The summed E-state index contributed by atoms with van der Waals surface area (Å²) in [5, 5.41) is 7.01. The lowest BCUT2D eigenvalue weighted by Crippen LogP contribution is -2.51. The maximum absolute atomic E-state index is 13.0. The number of piperazine rings is 1. The summed E-state index contributed by atoms with van der Waals surface area (Å²) >= 11 is 0. The van der Waals surface area contributed by atoms with Gasteiger partial charge in [-0.2, -0.15) is 9.40 Å². The Hall–Kier alpha value is -3.70. The van der Waals surface area contributed by atoms with Crippen molar-refractivity contribution >= 4 is 21.8 Å². The Morgan fingerprint density at radius 2 is 1.74 bits per heavy atom. The van der Waals surface area contributed by atoms with Crippen molar-refractivity contribution in [2.24, 2.45) is 7.05 Å². The first-order valence-corrected chi connectivity index (χ1v) is 16.0. The summed E-state index contributed by atoms with van der Waals surface area (Å²) in [4.78, 5) is 27.5. The maximum Gasteiger partial charge on any atom is 0.269 e. The average molecular weight is 594 g/mol. The van der Waals surface area contributed by atoms with Gasteiger partial charge in [-0.1, -0.05) is 24.3 Å². The fourth-order valence-corrected chi connectivity index (χ4v) is 6.35. The molecule has 11 heteroatoms. The zero-order chi connectivity index (χ0) is 30.0. The Morgan fingerprint density at radius 1 is 1.05 bits per heavy atom. The van der Waals surface area contributed by atoms with Crippen LogP contribution in [0.15, 0.2) is 48.5 Å². The van der Waals surface area contributed by atoms with Gasteiger partial charge in [-0.05, 0) is 74.6 Å². The zero-order valence-electron chi connectivity index (χ0n) is 24.7. The van der Waals surface area contributed by atoms with Gasteiger partial charge in [0.05, 0.1) is 10.9 Å². The molecule has 1 aliphatic heterocycles. The lowest BCUT2D eigenvalue weighted by Gasteiger charge is -2.35. The van der Waals surface area contributed by atoms with E-state index < -0.39 is 15.3 Å². The van der Waals surface area contributed by atoms with Gasteiger partial charge < -0.3 is 15.0 Å². The highest BCUT2D eigenvalue weighted by molar-refractivity contribution is 7.89. The third kappa shape index (κ3) is 6.52. The largest absolute Gasteiger partial charge is 0.489 e. The van der Waals surface area contributed by atoms with Gasteiger partial charge in [0.2, 0.25) is 10.0 Å². The molecule has 1 saturated heterocycles. The smallest absolute Gasteiger partial charge is 0.269 e. The van der Waals surface area contributed by atoms with Crippen LogP contribution < -0.4 is 10.1 Å². The molecule has 0 radical (unpaired) electrons. The van der Waals surface area contributed by atoms with Gasteiger partial charge in [0.1, 0.15) is 18.1 Å². The van der Waals surface area contributed by atoms with E-state index in [0.717, 1.165) is 41.0 Å². The number of benzene rings is 2. The first kappa shape index (κ1) is 29.8. The minimum atomic E-state index is -3.32. The van der Waals surface area contributed by atoms with Crippen LogP contribution in [0.2, 0.25) is 0 Å². The summed E-state index contributed by atoms with van der Waals surface area (Å²) in [5.74, 6) is 0.959. The van der Waals surface area contributed by atoms with Crippen molar-refractivity contribution < 1.29 is 22.7 Å². The quantitative estimate of drug-likeness (QED) is 0.384. The van der Waals surface area contributed by atoms with Crippen LogP contribution in [0.3, 0.4) is 0 Å². The monoisotopic (exact) mass is 593 g/mol. The van der Waals surface area contributed by atoms with E-state index in [-0.39, 0.29) is 11.8 Å². The van der Waals surface area contributed by atoms with Crippen LogP contribution in [-0.2, 0) is 30.2 Å². The molecule has 2 aromatic carbocycles. The molecule has 2 amide bonds. The predicted molar refractivity (Wildman–Crippen MR) is 160 cm³/mol. The van der Waals surface area contributed by atoms with Crippen LogP contribution in [0.4, 0.5) is 0 Å². The summed E-state index contributed by atoms with van der Waals surface area (Å²) in [5.41, 5.74) is 4.94. The topological polar surface area (TPSA) is 114 Å². The van der Waals surface area contributed by atoms with Gasteiger partial charge in [-0.15, -0.1) is 0 Å². The molecule has 0 atom stereocenters. The minimum absolute atomic E-state index is 0.107. The molecule has 0 unspecified atom stereocenters. The summed E-state index contributed by atoms with van der Waals surface area (Å²) in [6.07, 6.45) is 2.27. The van der Waals surface area contributed by atoms with Crippen molar-refractivity contribution in [3.05, 3.63) is 82.2 Å². The molecule has 224 valence electrons. The Labute approximate surface area is 247 Å². The number of carbonyl (C=O) groups is 2. The number of hydrogen-bond donors (Lipinski definition) is 1. The number of ether oxygens (including phenoxy) is 1. The van der Waals surface area contributed by atoms with E-state index in [0.29, 0.717) is 56.5 Å². The van der Waals surface area contributed by atoms with Crippen LogP contribution in [0, 0.1) is 6.92 Å². The van der Waals surface area contributed by atoms with Crippen LogP contribution in [0.5, 0.6) is 5.75 Å². The average Bonchev–Trinajstić information content (AvgIpc) is 3.76. The number of sulfonamides is 1. The van der Waals surface area contributed by atoms with Crippen molar-refractivity contribution in [1.29, 1.82) is 0 Å². The number of nitrogens with one attached hydrogen (secondary N) is 1. The van der Waals surface area contributed by atoms with Crippen molar-refractivity contribution in [2.45, 2.75) is 57.9 Å². The standard InChI is InChI=1S/C31H39N5O5S/c1-21(2)42(39,40)36-16-14-35(15-17-36)31(38)25-10-8-23(9-11-25)20-41-29-7-5-6-26(22(29)3)19-32-30(37)28-18-27(24-12-13-24)33-34(28)4/h5-11,18,21,24H,12-17,19-20H2,1-4H3,(H,32,37). The summed E-state index contributed by atoms with van der Waals surface area (Å²) in [6, 6.07) is 15.0. The number of hydrogen-bond acceptors (Lipinski definition) is 6. The van der Waals surface area contributed by atoms with Crippen LogP contribution in [0.1, 0.15) is 75.8 Å². The summed E-state index contributed by atoms with van der Waals surface area (Å²) < 4.78 is 34.0. The molecule has 3 aromatic rings. The molecule has 0 spiro atoms. The highest BCUT2D eigenvalue weighted by Gasteiger charge is 2.31. The van der Waals surface area contributed by atoms with Crippen LogP contribution in [-0.4, -0.2) is 70.6 Å². The van der Waals surface area contributed by atoms with Gasteiger partial charge in [0, 0.05) is 51.3 Å². The molecular weight excluding hydrogens is 554 g/mol. The molecule has 10 nitrogen and oxygen atoms in total. The van der Waals surface area contributed by atoms with E-state index >= 15 is 0 Å². The number of rotatable bonds is 10. The molecular formula is C31H39N5O5S. The molecule has 1 aliphatic carbocycles. The van der Waals surface area contributed by atoms with E-state index in [9.17, 15) is 18.0 Å². The predicted octanol–water partition coefficient (Wildman–Crippen LogP) is 3.61. The first-order chi connectivity index (χ1) is 20.0. The zero-order valence-corrected chi connectivity index (χ0v) is 25.5. The molecule has 0 bridgehead atoms. The SMILES string of the molecule is Cc1c(CNC(=O)c2cc(C3CC3)nn2C)cccc1OCc1ccc(C(=O)N2CCN(S(=O)(=O)C(C)C)CC2)cc1. The van der Waals surface area contributed by atoms with Gasteiger partial charge >= 0.3 is 0 Å². The summed E-state index contributed by atoms with van der Waals surface area (Å²) in [7, 11) is -1.52. The highest BCUT2D eigenvalue weighted by Crippen LogP contribution is 2.39. The number of nitrogens with zero attached hydrogens (tertiary/aromatic N) is 4. The Kier molecular flexibility index (Phi) is 8.70. The molecule has 2 fully saturated rings. The van der Waals surface area contributed by atoms with E-state index in [4.69, 9.17) is 4.74 Å². The van der Waals surface area contributed by atoms with Gasteiger partial charge in [-0.25, -0.2) is 8.42 Å². The maximum atomic E-state index is 13.0. The Bertz CT molecular complexity index is 1550. The number of aromatic nitrogens is 2. The van der Waals surface area contributed by atoms with E-state index in [1.165, 1.54) is 4.31 Å². The van der Waals surface area contributed by atoms with E-state index in [2.05, 4.69) is 10.4 Å². The van der Waals surface area contributed by atoms with Crippen LogP contribution >= 0.6 is 0 Å². The van der Waals surface area contributed by atoms with Crippen molar-refractivity contribution in [1.82, 2.24) is 24.3 Å². The molecule has 5 rings (SSSR count). The third-order valence-corrected chi connectivity index (χ3v) is 10.3.